The molecule has 0 amide bonds. The summed E-state index contributed by atoms with van der Waals surface area (Å²) in [6, 6.07) is 8.49. The molecule has 0 aliphatic rings. The van der Waals surface area contributed by atoms with Crippen molar-refractivity contribution in [2.75, 3.05) is 0 Å². The topological polar surface area (TPSA) is 65.2 Å². The highest BCUT2D eigenvalue weighted by Gasteiger charge is 2.08. The van der Waals surface area contributed by atoms with Gasteiger partial charge in [0.1, 0.15) is 16.7 Å². The van der Waals surface area contributed by atoms with Crippen LogP contribution in [-0.2, 0) is 11.0 Å². The zero-order valence-corrected chi connectivity index (χ0v) is 12.1. The minimum Gasteiger partial charge on any atom is -0.438 e. The van der Waals surface area contributed by atoms with Crippen molar-refractivity contribution in [2.24, 2.45) is 5.14 Å². The molecule has 0 saturated heterocycles. The number of rotatable bonds is 3. The lowest BCUT2D eigenvalue weighted by atomic mass is 10.3. The molecule has 4 nitrogen and oxygen atoms in total. The van der Waals surface area contributed by atoms with Crippen molar-refractivity contribution in [1.29, 1.82) is 0 Å². The van der Waals surface area contributed by atoms with E-state index in [9.17, 15) is 4.21 Å². The van der Waals surface area contributed by atoms with Gasteiger partial charge in [-0.15, -0.1) is 0 Å². The highest BCUT2D eigenvalue weighted by atomic mass is 79.9. The van der Waals surface area contributed by atoms with E-state index >= 15 is 0 Å². The zero-order chi connectivity index (χ0) is 13.1. The van der Waals surface area contributed by atoms with Crippen LogP contribution in [0.25, 0.3) is 0 Å². The lowest BCUT2D eigenvalue weighted by Crippen LogP contribution is -2.03. The van der Waals surface area contributed by atoms with E-state index in [1.54, 1.807) is 30.3 Å². The van der Waals surface area contributed by atoms with Crippen LogP contribution >= 0.6 is 27.5 Å². The zero-order valence-electron chi connectivity index (χ0n) is 8.97. The Morgan fingerprint density at radius 3 is 2.56 bits per heavy atom. The van der Waals surface area contributed by atoms with Gasteiger partial charge in [-0.2, -0.15) is 0 Å². The number of nitrogens with zero attached hydrogens (tertiary/aromatic N) is 1. The van der Waals surface area contributed by atoms with E-state index in [-0.39, 0.29) is 0 Å². The van der Waals surface area contributed by atoms with Crippen molar-refractivity contribution in [3.63, 3.8) is 0 Å². The fraction of sp³-hybridized carbons (Fsp3) is 0. The fourth-order valence-corrected chi connectivity index (χ4v) is 2.31. The second kappa shape index (κ2) is 5.79. The second-order valence-corrected chi connectivity index (χ2v) is 5.67. The molecule has 1 aromatic carbocycles. The van der Waals surface area contributed by atoms with Crippen molar-refractivity contribution < 1.29 is 8.95 Å². The predicted octanol–water partition coefficient (Wildman–Crippen LogP) is 3.27. The van der Waals surface area contributed by atoms with Crippen molar-refractivity contribution in [3.05, 3.63) is 46.0 Å². The third kappa shape index (κ3) is 3.29. The Hall–Kier alpha value is -0.950. The molecule has 2 rings (SSSR count). The van der Waals surface area contributed by atoms with Gasteiger partial charge in [0, 0.05) is 11.2 Å². The largest absolute Gasteiger partial charge is 0.438 e. The molecule has 2 aromatic rings. The van der Waals surface area contributed by atoms with Gasteiger partial charge >= 0.3 is 0 Å². The number of hydrogen-bond acceptors (Lipinski definition) is 3. The highest BCUT2D eigenvalue weighted by molar-refractivity contribution is 9.10. The van der Waals surface area contributed by atoms with Gasteiger partial charge in [-0.3, -0.25) is 0 Å². The van der Waals surface area contributed by atoms with Crippen LogP contribution in [0.5, 0.6) is 11.6 Å². The van der Waals surface area contributed by atoms with Gasteiger partial charge in [-0.25, -0.2) is 14.3 Å². The maximum absolute atomic E-state index is 11.1. The second-order valence-electron chi connectivity index (χ2n) is 3.31. The van der Waals surface area contributed by atoms with Gasteiger partial charge in [-0.05, 0) is 46.3 Å². The number of hydrogen-bond donors (Lipinski definition) is 1. The summed E-state index contributed by atoms with van der Waals surface area (Å²) >= 11 is 9.06. The molecule has 0 bridgehead atoms. The molecule has 0 aliphatic heterocycles. The Kier molecular flexibility index (Phi) is 4.34. The lowest BCUT2D eigenvalue weighted by molar-refractivity contribution is 0.458. The molecule has 2 N–H and O–H groups in total. The van der Waals surface area contributed by atoms with Gasteiger partial charge in [-0.1, -0.05) is 11.6 Å². The molecule has 7 heteroatoms. The highest BCUT2D eigenvalue weighted by Crippen LogP contribution is 2.29. The predicted molar refractivity (Wildman–Crippen MR) is 74.1 cm³/mol. The Morgan fingerprint density at radius 2 is 2.00 bits per heavy atom. The van der Waals surface area contributed by atoms with Gasteiger partial charge < -0.3 is 4.74 Å². The quantitative estimate of drug-likeness (QED) is 0.926. The molecule has 18 heavy (non-hydrogen) atoms. The molecule has 0 spiro atoms. The monoisotopic (exact) mass is 346 g/mol. The summed E-state index contributed by atoms with van der Waals surface area (Å²) in [5, 5.41) is 5.89. The van der Waals surface area contributed by atoms with Crippen molar-refractivity contribution in [2.45, 2.75) is 4.90 Å². The van der Waals surface area contributed by atoms with Crippen molar-refractivity contribution >= 4 is 38.5 Å². The van der Waals surface area contributed by atoms with Crippen LogP contribution in [0.1, 0.15) is 0 Å². The standard InChI is InChI=1S/C11H8BrClN2O2S/c12-10-5-9(18(14)16)6-15-11(10)17-8-3-1-7(13)2-4-8/h1-6H,14H2. The third-order valence-electron chi connectivity index (χ3n) is 2.04. The number of nitrogens with two attached hydrogens (primary N) is 1. The Labute approximate surface area is 120 Å². The summed E-state index contributed by atoms with van der Waals surface area (Å²) in [7, 11) is -1.56. The molecule has 1 heterocycles. The number of halogens is 2. The average Bonchev–Trinajstić information content (AvgIpc) is 2.34. The number of aromatic nitrogens is 1. The van der Waals surface area contributed by atoms with Crippen LogP contribution in [0.15, 0.2) is 45.9 Å². The molecular weight excluding hydrogens is 340 g/mol. The molecular formula is C11H8BrClN2O2S. The maximum Gasteiger partial charge on any atom is 0.233 e. The smallest absolute Gasteiger partial charge is 0.233 e. The van der Waals surface area contributed by atoms with Crippen molar-refractivity contribution in [1.82, 2.24) is 4.98 Å². The summed E-state index contributed by atoms with van der Waals surface area (Å²) < 4.78 is 17.2. The van der Waals surface area contributed by atoms with Crippen LogP contribution in [0, 0.1) is 0 Å². The van der Waals surface area contributed by atoms with Crippen molar-refractivity contribution in [3.8, 4) is 11.6 Å². The van der Waals surface area contributed by atoms with E-state index < -0.39 is 11.0 Å². The third-order valence-corrected chi connectivity index (χ3v) is 3.55. The molecule has 1 aromatic heterocycles. The first kappa shape index (κ1) is 13.5. The van der Waals surface area contributed by atoms with Gasteiger partial charge in [0.2, 0.25) is 5.88 Å². The fourth-order valence-electron chi connectivity index (χ4n) is 1.21. The molecule has 0 radical (unpaired) electrons. The molecule has 94 valence electrons. The van der Waals surface area contributed by atoms with E-state index in [4.69, 9.17) is 21.5 Å². The van der Waals surface area contributed by atoms with Crippen LogP contribution < -0.4 is 9.88 Å². The maximum atomic E-state index is 11.1. The number of benzene rings is 1. The molecule has 0 saturated carbocycles. The average molecular weight is 348 g/mol. The molecule has 1 atom stereocenters. The summed E-state index contributed by atoms with van der Waals surface area (Å²) in [6.45, 7) is 0. The number of ether oxygens (including phenoxy) is 1. The normalized spacial score (nSPS) is 12.2. The molecule has 1 unspecified atom stereocenters. The van der Waals surface area contributed by atoms with E-state index in [1.807, 2.05) is 0 Å². The summed E-state index contributed by atoms with van der Waals surface area (Å²) in [5.74, 6) is 0.973. The van der Waals surface area contributed by atoms with E-state index in [0.29, 0.717) is 26.0 Å². The first-order valence-corrected chi connectivity index (χ1v) is 7.20. The first-order valence-electron chi connectivity index (χ1n) is 4.81. The van der Waals surface area contributed by atoms with E-state index in [0.717, 1.165) is 0 Å². The summed E-state index contributed by atoms with van der Waals surface area (Å²) in [6.07, 6.45) is 1.41. The van der Waals surface area contributed by atoms with Crippen LogP contribution in [0.2, 0.25) is 5.02 Å². The van der Waals surface area contributed by atoms with Crippen LogP contribution in [-0.4, -0.2) is 9.19 Å². The van der Waals surface area contributed by atoms with E-state index in [1.165, 1.54) is 6.20 Å². The number of pyridine rings is 1. The minimum atomic E-state index is -1.56. The Bertz CT molecular complexity index is 592. The van der Waals surface area contributed by atoms with Gasteiger partial charge in [0.25, 0.3) is 0 Å². The SMILES string of the molecule is NS(=O)c1cnc(Oc2ccc(Cl)cc2)c(Br)c1. The summed E-state index contributed by atoms with van der Waals surface area (Å²) in [4.78, 5) is 4.46. The molecule has 0 fully saturated rings. The van der Waals surface area contributed by atoms with Crippen LogP contribution in [0.3, 0.4) is 0 Å². The summed E-state index contributed by atoms with van der Waals surface area (Å²) in [5.41, 5.74) is 0. The Balaban J connectivity index is 2.24. The van der Waals surface area contributed by atoms with Gasteiger partial charge in [0.05, 0.1) is 9.37 Å². The Morgan fingerprint density at radius 1 is 1.33 bits per heavy atom. The first-order chi connectivity index (χ1) is 8.56. The van der Waals surface area contributed by atoms with Gasteiger partial charge in [0.15, 0.2) is 0 Å². The lowest BCUT2D eigenvalue weighted by Gasteiger charge is -2.07. The van der Waals surface area contributed by atoms with Crippen LogP contribution in [0.4, 0.5) is 0 Å². The van der Waals surface area contributed by atoms with E-state index in [2.05, 4.69) is 20.9 Å². The minimum absolute atomic E-state index is 0.367. The molecule has 0 aliphatic carbocycles.